The van der Waals surface area contributed by atoms with Gasteiger partial charge >= 0.3 is 135 Å². The second-order valence-corrected chi connectivity index (χ2v) is 9.42. The summed E-state index contributed by atoms with van der Waals surface area (Å²) in [4.78, 5) is 9.30. The molecule has 1 heterocycles. The number of aromatic nitrogens is 2. The van der Waals surface area contributed by atoms with E-state index in [0.29, 0.717) is 6.61 Å². The maximum atomic E-state index is 5.53. The van der Waals surface area contributed by atoms with E-state index >= 15 is 0 Å². The van der Waals surface area contributed by atoms with Crippen LogP contribution in [0.25, 0.3) is 10.9 Å². The molecule has 0 bridgehead atoms. The zero-order valence-electron chi connectivity index (χ0n) is 13.1. The molecule has 3 aromatic rings. The van der Waals surface area contributed by atoms with Crippen molar-refractivity contribution >= 4 is 34.4 Å². The summed E-state index contributed by atoms with van der Waals surface area (Å²) >= 11 is -1.42. The number of nitrogens with zero attached hydrogens (tertiary/aromatic N) is 2. The van der Waals surface area contributed by atoms with Gasteiger partial charge < -0.3 is 0 Å². The first-order valence-electron chi connectivity index (χ1n) is 7.39. The van der Waals surface area contributed by atoms with Crippen LogP contribution in [0.5, 0.6) is 5.75 Å². The maximum absolute atomic E-state index is 5.53. The van der Waals surface area contributed by atoms with Gasteiger partial charge in [0, 0.05) is 0 Å². The fourth-order valence-electron chi connectivity index (χ4n) is 2.48. The van der Waals surface area contributed by atoms with Gasteiger partial charge in [-0.2, -0.15) is 0 Å². The molecule has 1 atom stereocenters. The molecule has 4 heteroatoms. The zero-order valence-corrected chi connectivity index (χ0v) is 15.0. The topological polar surface area (TPSA) is 35.0 Å². The Hall–Kier alpha value is -1.86. The SMILES string of the molecule is CCOc1ccc([As](C)c2nc(C)nc3ccccc23)cc1. The predicted molar refractivity (Wildman–Crippen MR) is 92.8 cm³/mol. The van der Waals surface area contributed by atoms with Gasteiger partial charge in [-0.1, -0.05) is 0 Å². The fourth-order valence-corrected chi connectivity index (χ4v) is 6.02. The third-order valence-electron chi connectivity index (χ3n) is 3.55. The molecule has 1 aromatic heterocycles. The quantitative estimate of drug-likeness (QED) is 0.676. The normalized spacial score (nSPS) is 12.3. The van der Waals surface area contributed by atoms with E-state index in [1.54, 1.807) is 0 Å². The molecule has 0 aliphatic rings. The van der Waals surface area contributed by atoms with Gasteiger partial charge in [-0.3, -0.25) is 0 Å². The van der Waals surface area contributed by atoms with Crippen molar-refractivity contribution in [2.45, 2.75) is 19.6 Å². The first-order valence-corrected chi connectivity index (χ1v) is 11.1. The molecule has 112 valence electrons. The van der Waals surface area contributed by atoms with Crippen LogP contribution < -0.4 is 13.6 Å². The van der Waals surface area contributed by atoms with Gasteiger partial charge in [-0.15, -0.1) is 0 Å². The molecule has 0 saturated heterocycles. The van der Waals surface area contributed by atoms with Crippen LogP contribution in [0.4, 0.5) is 0 Å². The van der Waals surface area contributed by atoms with E-state index in [-0.39, 0.29) is 0 Å². The summed E-state index contributed by atoms with van der Waals surface area (Å²) in [6, 6.07) is 16.8. The molecule has 0 fully saturated rings. The molecule has 0 aliphatic carbocycles. The van der Waals surface area contributed by atoms with Crippen LogP contribution in [0.1, 0.15) is 12.7 Å². The van der Waals surface area contributed by atoms with Crippen LogP contribution in [0, 0.1) is 6.92 Å². The number of hydrogen-bond donors (Lipinski definition) is 0. The molecule has 3 nitrogen and oxygen atoms in total. The van der Waals surface area contributed by atoms with Crippen molar-refractivity contribution in [2.75, 3.05) is 6.61 Å². The monoisotopic (exact) mass is 354 g/mol. The van der Waals surface area contributed by atoms with Crippen LogP contribution in [-0.2, 0) is 0 Å². The number of hydrogen-bond acceptors (Lipinski definition) is 3. The fraction of sp³-hybridized carbons (Fsp3) is 0.222. The number of ether oxygens (including phenoxy) is 1. The number of rotatable bonds is 4. The molecule has 0 aliphatic heterocycles. The predicted octanol–water partition coefficient (Wildman–Crippen LogP) is 2.58. The summed E-state index contributed by atoms with van der Waals surface area (Å²) in [5, 5.41) is 1.18. The van der Waals surface area contributed by atoms with Crippen LogP contribution in [-0.4, -0.2) is 31.2 Å². The van der Waals surface area contributed by atoms with Crippen molar-refractivity contribution in [1.29, 1.82) is 0 Å². The van der Waals surface area contributed by atoms with Crippen molar-refractivity contribution in [3.63, 3.8) is 0 Å². The van der Waals surface area contributed by atoms with E-state index in [4.69, 9.17) is 9.72 Å². The minimum atomic E-state index is -1.42. The number of fused-ring (bicyclic) bond motifs is 1. The Labute approximate surface area is 135 Å². The summed E-state index contributed by atoms with van der Waals surface area (Å²) in [5.41, 5.74) is 3.37. The van der Waals surface area contributed by atoms with E-state index in [1.807, 2.05) is 19.9 Å². The molecule has 0 saturated carbocycles. The minimum absolute atomic E-state index is 0.697. The third-order valence-corrected chi connectivity index (χ3v) is 7.85. The van der Waals surface area contributed by atoms with Gasteiger partial charge in [0.25, 0.3) is 0 Å². The van der Waals surface area contributed by atoms with E-state index in [0.717, 1.165) is 17.1 Å². The Bertz CT molecular complexity index is 787. The van der Waals surface area contributed by atoms with Crippen LogP contribution in [0.15, 0.2) is 48.5 Å². The number of aryl methyl sites for hydroxylation is 1. The van der Waals surface area contributed by atoms with Gasteiger partial charge in [0.2, 0.25) is 0 Å². The average molecular weight is 354 g/mol. The van der Waals surface area contributed by atoms with E-state index in [1.165, 1.54) is 14.2 Å². The van der Waals surface area contributed by atoms with Crippen LogP contribution >= 0.6 is 0 Å². The molecule has 2 aromatic carbocycles. The molecule has 3 rings (SSSR count). The summed E-state index contributed by atoms with van der Waals surface area (Å²) in [7, 11) is 0. The molecule has 1 unspecified atom stereocenters. The van der Waals surface area contributed by atoms with Gasteiger partial charge in [0.1, 0.15) is 0 Å². The first-order chi connectivity index (χ1) is 10.7. The molecular weight excluding hydrogens is 335 g/mol. The second-order valence-electron chi connectivity index (χ2n) is 5.10. The first kappa shape index (κ1) is 15.1. The van der Waals surface area contributed by atoms with E-state index in [2.05, 4.69) is 53.2 Å². The van der Waals surface area contributed by atoms with Crippen molar-refractivity contribution < 1.29 is 4.74 Å². The van der Waals surface area contributed by atoms with Crippen LogP contribution in [0.2, 0.25) is 5.71 Å². The Morgan fingerprint density at radius 1 is 1.00 bits per heavy atom. The standard InChI is InChI=1S/C18H19AsN2O/c1-4-22-15-11-9-14(10-12-15)19(3)18-16-7-5-6-8-17(16)20-13(2)21-18/h5-12H,4H2,1-3H3. The van der Waals surface area contributed by atoms with Gasteiger partial charge in [0.15, 0.2) is 0 Å². The van der Waals surface area contributed by atoms with Gasteiger partial charge in [-0.25, -0.2) is 0 Å². The van der Waals surface area contributed by atoms with Crippen molar-refractivity contribution in [3.8, 4) is 5.75 Å². The Balaban J connectivity index is 2.02. The van der Waals surface area contributed by atoms with Gasteiger partial charge in [-0.05, 0) is 0 Å². The summed E-state index contributed by atoms with van der Waals surface area (Å²) in [6.45, 7) is 4.67. The van der Waals surface area contributed by atoms with E-state index < -0.39 is 14.7 Å². The molecular formula is C18H19AsN2O. The van der Waals surface area contributed by atoms with Gasteiger partial charge in [0.05, 0.1) is 0 Å². The Morgan fingerprint density at radius 2 is 1.73 bits per heavy atom. The third kappa shape index (κ3) is 3.00. The Kier molecular flexibility index (Phi) is 4.44. The van der Waals surface area contributed by atoms with Crippen molar-refractivity contribution in [3.05, 3.63) is 54.4 Å². The summed E-state index contributed by atoms with van der Waals surface area (Å²) in [5.74, 6) is 1.78. The Morgan fingerprint density at radius 3 is 2.45 bits per heavy atom. The van der Waals surface area contributed by atoms with Crippen LogP contribution in [0.3, 0.4) is 0 Å². The van der Waals surface area contributed by atoms with E-state index in [9.17, 15) is 0 Å². The number of para-hydroxylation sites is 1. The zero-order chi connectivity index (χ0) is 15.5. The second kappa shape index (κ2) is 6.49. The number of benzene rings is 2. The summed E-state index contributed by atoms with van der Waals surface area (Å²) in [6.07, 6.45) is 0. The molecule has 0 spiro atoms. The molecule has 22 heavy (non-hydrogen) atoms. The average Bonchev–Trinajstić information content (AvgIpc) is 2.54. The summed E-state index contributed by atoms with van der Waals surface area (Å²) < 4.78 is 8.12. The van der Waals surface area contributed by atoms with Crippen molar-refractivity contribution in [1.82, 2.24) is 9.97 Å². The molecule has 0 N–H and O–H groups in total. The molecule has 0 amide bonds. The van der Waals surface area contributed by atoms with Crippen molar-refractivity contribution in [2.24, 2.45) is 0 Å². The molecule has 0 radical (unpaired) electrons.